The fraction of sp³-hybridized carbons (Fsp3) is 0.417. The molecule has 82 valence electrons. The number of ether oxygens (including phenoxy) is 1. The molecule has 0 aliphatic carbocycles. The second kappa shape index (κ2) is 6.06. The lowest BCUT2D eigenvalue weighted by atomic mass is 10.1. The molecule has 0 heterocycles. The van der Waals surface area contributed by atoms with Gasteiger partial charge in [-0.3, -0.25) is 4.79 Å². The molecule has 1 aromatic carbocycles. The summed E-state index contributed by atoms with van der Waals surface area (Å²) in [7, 11) is 0. The average Bonchev–Trinajstić information content (AvgIpc) is 2.27. The number of anilines is 1. The van der Waals surface area contributed by atoms with Gasteiger partial charge in [-0.1, -0.05) is 25.1 Å². The number of hydrogen-bond acceptors (Lipinski definition) is 3. The summed E-state index contributed by atoms with van der Waals surface area (Å²) in [6, 6.07) is 7.96. The molecule has 1 rings (SSSR count). The van der Waals surface area contributed by atoms with Gasteiger partial charge in [-0.05, 0) is 25.0 Å². The van der Waals surface area contributed by atoms with Gasteiger partial charge in [0.25, 0.3) is 0 Å². The van der Waals surface area contributed by atoms with Crippen LogP contribution in [0.25, 0.3) is 0 Å². The van der Waals surface area contributed by atoms with Crippen LogP contribution in [0.4, 0.5) is 5.69 Å². The van der Waals surface area contributed by atoms with Crippen LogP contribution in [-0.4, -0.2) is 19.1 Å². The topological polar surface area (TPSA) is 38.3 Å². The van der Waals surface area contributed by atoms with E-state index in [2.05, 4.69) is 12.2 Å². The molecule has 1 aromatic rings. The quantitative estimate of drug-likeness (QED) is 0.752. The Morgan fingerprint density at radius 2 is 2.07 bits per heavy atom. The van der Waals surface area contributed by atoms with Gasteiger partial charge in [-0.15, -0.1) is 0 Å². The van der Waals surface area contributed by atoms with Crippen molar-refractivity contribution in [3.63, 3.8) is 0 Å². The van der Waals surface area contributed by atoms with Gasteiger partial charge in [0.05, 0.1) is 6.61 Å². The van der Waals surface area contributed by atoms with Gasteiger partial charge in [-0.25, -0.2) is 0 Å². The molecule has 0 spiro atoms. The number of rotatable bonds is 5. The summed E-state index contributed by atoms with van der Waals surface area (Å²) in [6.45, 7) is 4.55. The number of esters is 1. The smallest absolute Gasteiger partial charge is 0.325 e. The van der Waals surface area contributed by atoms with Crippen LogP contribution in [-0.2, 0) is 16.0 Å². The Labute approximate surface area is 90.4 Å². The van der Waals surface area contributed by atoms with E-state index in [1.165, 1.54) is 5.56 Å². The Bertz CT molecular complexity index is 323. The first kappa shape index (κ1) is 11.6. The Morgan fingerprint density at radius 1 is 1.33 bits per heavy atom. The second-order valence-corrected chi connectivity index (χ2v) is 3.17. The van der Waals surface area contributed by atoms with Crippen LogP contribution in [0, 0.1) is 0 Å². The highest BCUT2D eigenvalue weighted by Gasteiger charge is 2.03. The average molecular weight is 207 g/mol. The minimum absolute atomic E-state index is 0.219. The van der Waals surface area contributed by atoms with E-state index in [-0.39, 0.29) is 12.5 Å². The predicted molar refractivity (Wildman–Crippen MR) is 60.9 cm³/mol. The van der Waals surface area contributed by atoms with Gasteiger partial charge in [-0.2, -0.15) is 0 Å². The van der Waals surface area contributed by atoms with Crippen LogP contribution in [0.2, 0.25) is 0 Å². The molecule has 0 radical (unpaired) electrons. The standard InChI is InChI=1S/C12H17NO2/c1-3-10-7-5-6-8-11(10)13-9-12(14)15-4-2/h5-8,13H,3-4,9H2,1-2H3. The Kier molecular flexibility index (Phi) is 4.68. The third-order valence-corrected chi connectivity index (χ3v) is 2.13. The maximum atomic E-state index is 11.1. The molecule has 1 N–H and O–H groups in total. The fourth-order valence-corrected chi connectivity index (χ4v) is 1.38. The van der Waals surface area contributed by atoms with Gasteiger partial charge < -0.3 is 10.1 Å². The van der Waals surface area contributed by atoms with E-state index in [9.17, 15) is 4.79 Å². The number of carbonyl (C=O) groups is 1. The molecule has 3 heteroatoms. The lowest BCUT2D eigenvalue weighted by molar-refractivity contribution is -0.140. The predicted octanol–water partition coefficient (Wildman–Crippen LogP) is 2.22. The molecule has 0 aromatic heterocycles. The maximum Gasteiger partial charge on any atom is 0.325 e. The van der Waals surface area contributed by atoms with Gasteiger partial charge in [0.15, 0.2) is 0 Å². The van der Waals surface area contributed by atoms with Crippen LogP contribution in [0.5, 0.6) is 0 Å². The van der Waals surface area contributed by atoms with Crippen molar-refractivity contribution in [3.05, 3.63) is 29.8 Å². The summed E-state index contributed by atoms with van der Waals surface area (Å²) >= 11 is 0. The summed E-state index contributed by atoms with van der Waals surface area (Å²) in [5.74, 6) is -0.219. The zero-order valence-corrected chi connectivity index (χ0v) is 9.25. The van der Waals surface area contributed by atoms with E-state index in [0.29, 0.717) is 6.61 Å². The lowest BCUT2D eigenvalue weighted by Gasteiger charge is -2.09. The summed E-state index contributed by atoms with van der Waals surface area (Å²) < 4.78 is 4.84. The van der Waals surface area contributed by atoms with E-state index in [1.54, 1.807) is 6.92 Å². The van der Waals surface area contributed by atoms with Crippen molar-refractivity contribution < 1.29 is 9.53 Å². The Hall–Kier alpha value is -1.51. The number of benzene rings is 1. The first-order chi connectivity index (χ1) is 7.27. The molecule has 0 atom stereocenters. The van der Waals surface area contributed by atoms with Crippen LogP contribution in [0.15, 0.2) is 24.3 Å². The highest BCUT2D eigenvalue weighted by Crippen LogP contribution is 2.14. The zero-order chi connectivity index (χ0) is 11.1. The van der Waals surface area contributed by atoms with Crippen molar-refractivity contribution in [1.29, 1.82) is 0 Å². The summed E-state index contributed by atoms with van der Waals surface area (Å²) in [6.07, 6.45) is 0.950. The first-order valence-corrected chi connectivity index (χ1v) is 5.25. The molecule has 0 aliphatic rings. The third kappa shape index (κ3) is 3.62. The molecule has 15 heavy (non-hydrogen) atoms. The third-order valence-electron chi connectivity index (χ3n) is 2.13. The van der Waals surface area contributed by atoms with E-state index in [4.69, 9.17) is 4.74 Å². The highest BCUT2D eigenvalue weighted by atomic mass is 16.5. The monoisotopic (exact) mass is 207 g/mol. The minimum Gasteiger partial charge on any atom is -0.465 e. The minimum atomic E-state index is -0.219. The molecular weight excluding hydrogens is 190 g/mol. The molecule has 0 fully saturated rings. The molecule has 0 amide bonds. The largest absolute Gasteiger partial charge is 0.465 e. The highest BCUT2D eigenvalue weighted by molar-refractivity contribution is 5.75. The molecule has 0 saturated carbocycles. The second-order valence-electron chi connectivity index (χ2n) is 3.17. The number of carbonyl (C=O) groups excluding carboxylic acids is 1. The number of nitrogens with one attached hydrogen (secondary N) is 1. The SMILES string of the molecule is CCOC(=O)CNc1ccccc1CC. The van der Waals surface area contributed by atoms with Gasteiger partial charge >= 0.3 is 5.97 Å². The number of aryl methyl sites for hydroxylation is 1. The summed E-state index contributed by atoms with van der Waals surface area (Å²) in [5, 5.41) is 3.07. The molecule has 0 unspecified atom stereocenters. The van der Waals surface area contributed by atoms with Crippen molar-refractivity contribution in [1.82, 2.24) is 0 Å². The molecule has 0 aliphatic heterocycles. The van der Waals surface area contributed by atoms with Gasteiger partial charge in [0.2, 0.25) is 0 Å². The lowest BCUT2D eigenvalue weighted by Crippen LogP contribution is -2.17. The normalized spacial score (nSPS) is 9.73. The van der Waals surface area contributed by atoms with Gasteiger partial charge in [0.1, 0.15) is 6.54 Å². The van der Waals surface area contributed by atoms with Crippen molar-refractivity contribution in [3.8, 4) is 0 Å². The maximum absolute atomic E-state index is 11.1. The van der Waals surface area contributed by atoms with E-state index in [1.807, 2.05) is 24.3 Å². The van der Waals surface area contributed by atoms with Crippen LogP contribution < -0.4 is 5.32 Å². The van der Waals surface area contributed by atoms with E-state index >= 15 is 0 Å². The van der Waals surface area contributed by atoms with Crippen LogP contribution >= 0.6 is 0 Å². The van der Waals surface area contributed by atoms with Crippen molar-refractivity contribution in [2.45, 2.75) is 20.3 Å². The van der Waals surface area contributed by atoms with Crippen molar-refractivity contribution >= 4 is 11.7 Å². The summed E-state index contributed by atoms with van der Waals surface area (Å²) in [5.41, 5.74) is 2.22. The van der Waals surface area contributed by atoms with E-state index < -0.39 is 0 Å². The van der Waals surface area contributed by atoms with Gasteiger partial charge in [0, 0.05) is 5.69 Å². The van der Waals surface area contributed by atoms with Crippen LogP contribution in [0.1, 0.15) is 19.4 Å². The fourth-order valence-electron chi connectivity index (χ4n) is 1.38. The number of hydrogen-bond donors (Lipinski definition) is 1. The molecule has 3 nitrogen and oxygen atoms in total. The molecule has 0 saturated heterocycles. The van der Waals surface area contributed by atoms with Crippen molar-refractivity contribution in [2.75, 3.05) is 18.5 Å². The van der Waals surface area contributed by atoms with E-state index in [0.717, 1.165) is 12.1 Å². The zero-order valence-electron chi connectivity index (χ0n) is 9.25. The van der Waals surface area contributed by atoms with Crippen LogP contribution in [0.3, 0.4) is 0 Å². The van der Waals surface area contributed by atoms with Crippen molar-refractivity contribution in [2.24, 2.45) is 0 Å². The summed E-state index contributed by atoms with van der Waals surface area (Å²) in [4.78, 5) is 11.1. The number of para-hydroxylation sites is 1. The first-order valence-electron chi connectivity index (χ1n) is 5.25. The molecular formula is C12H17NO2. The Morgan fingerprint density at radius 3 is 2.73 bits per heavy atom. The molecule has 0 bridgehead atoms. The Balaban J connectivity index is 2.53.